The average Bonchev–Trinajstić information content (AvgIpc) is 2.75. The fourth-order valence-electron chi connectivity index (χ4n) is 1.92. The highest BCUT2D eigenvalue weighted by Crippen LogP contribution is 2.17. The summed E-state index contributed by atoms with van der Waals surface area (Å²) >= 11 is 0. The van der Waals surface area contributed by atoms with Crippen LogP contribution < -0.4 is 0 Å². The van der Waals surface area contributed by atoms with Crippen LogP contribution in [0, 0.1) is 0 Å². The molecule has 17 heavy (non-hydrogen) atoms. The van der Waals surface area contributed by atoms with Gasteiger partial charge in [0.2, 0.25) is 0 Å². The van der Waals surface area contributed by atoms with E-state index in [2.05, 4.69) is 60.3 Å². The Balaban J connectivity index is 0.00000144. The molecule has 0 radical (unpaired) electrons. The molecule has 0 unspecified atom stereocenters. The highest BCUT2D eigenvalue weighted by Gasteiger charge is 2.03. The van der Waals surface area contributed by atoms with E-state index in [9.17, 15) is 0 Å². The van der Waals surface area contributed by atoms with Gasteiger partial charge in [-0.05, 0) is 31.0 Å². The lowest BCUT2D eigenvalue weighted by Crippen LogP contribution is -2.17. The molecule has 2 aromatic rings. The molecule has 0 aliphatic heterocycles. The van der Waals surface area contributed by atoms with E-state index in [4.69, 9.17) is 0 Å². The Bertz CT molecular complexity index is 488. The van der Waals surface area contributed by atoms with Crippen LogP contribution in [0.3, 0.4) is 0 Å². The molecule has 1 heterocycles. The van der Waals surface area contributed by atoms with Crippen molar-refractivity contribution in [1.29, 1.82) is 0 Å². The Kier molecular flexibility index (Phi) is 5.26. The first-order chi connectivity index (χ1) is 7.81. The number of H-pyrrole nitrogens is 1. The maximum absolute atomic E-state index is 3.30. The highest BCUT2D eigenvalue weighted by molar-refractivity contribution is 5.85. The van der Waals surface area contributed by atoms with Gasteiger partial charge in [0.05, 0.1) is 0 Å². The van der Waals surface area contributed by atoms with E-state index in [0.29, 0.717) is 0 Å². The van der Waals surface area contributed by atoms with Gasteiger partial charge in [0.25, 0.3) is 0 Å². The van der Waals surface area contributed by atoms with Gasteiger partial charge in [0, 0.05) is 24.8 Å². The summed E-state index contributed by atoms with van der Waals surface area (Å²) in [5, 5.41) is 1.29. The summed E-state index contributed by atoms with van der Waals surface area (Å²) < 4.78 is 0. The van der Waals surface area contributed by atoms with Gasteiger partial charge in [-0.25, -0.2) is 0 Å². The molecule has 2 rings (SSSR count). The number of para-hydroxylation sites is 1. The van der Waals surface area contributed by atoms with Gasteiger partial charge < -0.3 is 4.98 Å². The van der Waals surface area contributed by atoms with Crippen molar-refractivity contribution in [2.24, 2.45) is 0 Å². The minimum Gasteiger partial charge on any atom is -0.361 e. The number of aromatic amines is 1. The van der Waals surface area contributed by atoms with E-state index in [0.717, 1.165) is 13.1 Å². The third-order valence-electron chi connectivity index (χ3n) is 2.77. The number of likely N-dealkylation sites (N-methyl/N-ethyl adjacent to an activating group) is 1. The number of allylic oxidation sites excluding steroid dienone is 1. The van der Waals surface area contributed by atoms with Crippen molar-refractivity contribution >= 4 is 23.3 Å². The van der Waals surface area contributed by atoms with Crippen LogP contribution in [0.25, 0.3) is 10.9 Å². The molecule has 0 fully saturated rings. The summed E-state index contributed by atoms with van der Waals surface area (Å²) in [5.41, 5.74) is 2.62. The second-order valence-corrected chi connectivity index (χ2v) is 4.12. The average molecular weight is 251 g/mol. The predicted molar refractivity (Wildman–Crippen MR) is 76.7 cm³/mol. The van der Waals surface area contributed by atoms with Crippen LogP contribution in [0.2, 0.25) is 0 Å². The molecule has 2 nitrogen and oxygen atoms in total. The zero-order chi connectivity index (χ0) is 11.4. The second-order valence-electron chi connectivity index (χ2n) is 4.12. The number of hydrogen-bond donors (Lipinski definition) is 1. The van der Waals surface area contributed by atoms with Crippen molar-refractivity contribution in [3.05, 3.63) is 48.2 Å². The molecule has 0 saturated carbocycles. The minimum absolute atomic E-state index is 0. The van der Waals surface area contributed by atoms with Gasteiger partial charge in [-0.1, -0.05) is 30.4 Å². The van der Waals surface area contributed by atoms with Gasteiger partial charge in [0.15, 0.2) is 0 Å². The molecule has 0 aliphatic carbocycles. The molecule has 3 heteroatoms. The van der Waals surface area contributed by atoms with Crippen LogP contribution in [0.15, 0.2) is 42.6 Å². The number of halogens is 1. The predicted octanol–water partition coefficient (Wildman–Crippen LogP) is 3.60. The number of hydrogen-bond acceptors (Lipinski definition) is 1. The van der Waals surface area contributed by atoms with E-state index in [1.807, 2.05) is 6.20 Å². The van der Waals surface area contributed by atoms with Crippen LogP contribution in [-0.4, -0.2) is 23.5 Å². The highest BCUT2D eigenvalue weighted by atomic mass is 35.5. The Morgan fingerprint density at radius 3 is 2.88 bits per heavy atom. The number of fused-ring (bicyclic) bond motifs is 1. The molecule has 0 amide bonds. The minimum atomic E-state index is 0. The summed E-state index contributed by atoms with van der Waals surface area (Å²) in [4.78, 5) is 5.61. The molecular weight excluding hydrogens is 232 g/mol. The zero-order valence-corrected chi connectivity index (χ0v) is 11.1. The van der Waals surface area contributed by atoms with Gasteiger partial charge in [0.1, 0.15) is 0 Å². The monoisotopic (exact) mass is 250 g/mol. The number of benzene rings is 1. The van der Waals surface area contributed by atoms with Crippen molar-refractivity contribution in [2.75, 3.05) is 13.6 Å². The number of aromatic nitrogens is 1. The first-order valence-corrected chi connectivity index (χ1v) is 5.66. The van der Waals surface area contributed by atoms with Gasteiger partial charge in [-0.15, -0.1) is 12.4 Å². The summed E-state index contributed by atoms with van der Waals surface area (Å²) in [6.07, 6.45) is 6.26. The van der Waals surface area contributed by atoms with Crippen LogP contribution >= 0.6 is 12.4 Å². The normalized spacial score (nSPS) is 11.2. The molecule has 0 atom stereocenters. The van der Waals surface area contributed by atoms with Crippen molar-refractivity contribution in [1.82, 2.24) is 9.88 Å². The SMILES string of the molecule is C/C=C/CN(C)Cc1cccc2cc[nH]c12.Cl. The van der Waals surface area contributed by atoms with Gasteiger partial charge in [-0.2, -0.15) is 0 Å². The van der Waals surface area contributed by atoms with Crippen LogP contribution in [0.1, 0.15) is 12.5 Å². The summed E-state index contributed by atoms with van der Waals surface area (Å²) in [5.74, 6) is 0. The van der Waals surface area contributed by atoms with Gasteiger partial charge in [-0.3, -0.25) is 4.90 Å². The second kappa shape index (κ2) is 6.48. The maximum atomic E-state index is 3.30. The van der Waals surface area contributed by atoms with Gasteiger partial charge >= 0.3 is 0 Å². The van der Waals surface area contributed by atoms with E-state index >= 15 is 0 Å². The summed E-state index contributed by atoms with van der Waals surface area (Å²) in [6.45, 7) is 4.02. The van der Waals surface area contributed by atoms with Crippen LogP contribution in [-0.2, 0) is 6.54 Å². The maximum Gasteiger partial charge on any atom is 0.0499 e. The fourth-order valence-corrected chi connectivity index (χ4v) is 1.92. The molecule has 1 aromatic carbocycles. The largest absolute Gasteiger partial charge is 0.361 e. The molecule has 92 valence electrons. The van der Waals surface area contributed by atoms with Crippen molar-refractivity contribution in [3.8, 4) is 0 Å². The van der Waals surface area contributed by atoms with E-state index in [-0.39, 0.29) is 12.4 Å². The van der Waals surface area contributed by atoms with Crippen molar-refractivity contribution in [3.63, 3.8) is 0 Å². The first kappa shape index (κ1) is 13.8. The quantitative estimate of drug-likeness (QED) is 0.822. The number of nitrogens with zero attached hydrogens (tertiary/aromatic N) is 1. The third-order valence-corrected chi connectivity index (χ3v) is 2.77. The molecule has 1 aromatic heterocycles. The standard InChI is InChI=1S/C14H18N2.ClH/c1-3-4-10-16(2)11-13-7-5-6-12-8-9-15-14(12)13;/h3-9,15H,10-11H2,1-2H3;1H/b4-3+;. The molecular formula is C14H19ClN2. The fraction of sp³-hybridized carbons (Fsp3) is 0.286. The Hall–Kier alpha value is -1.25. The third kappa shape index (κ3) is 3.35. The molecule has 0 aliphatic rings. The van der Waals surface area contributed by atoms with E-state index in [1.54, 1.807) is 0 Å². The van der Waals surface area contributed by atoms with Crippen molar-refractivity contribution < 1.29 is 0 Å². The first-order valence-electron chi connectivity index (χ1n) is 5.66. The summed E-state index contributed by atoms with van der Waals surface area (Å²) in [7, 11) is 2.14. The topological polar surface area (TPSA) is 19.0 Å². The zero-order valence-electron chi connectivity index (χ0n) is 10.3. The Labute approximate surface area is 109 Å². The molecule has 1 N–H and O–H groups in total. The Morgan fingerprint density at radius 2 is 2.12 bits per heavy atom. The lowest BCUT2D eigenvalue weighted by atomic mass is 10.1. The smallest absolute Gasteiger partial charge is 0.0499 e. The number of rotatable bonds is 4. The number of nitrogens with one attached hydrogen (secondary N) is 1. The van der Waals surface area contributed by atoms with Crippen LogP contribution in [0.5, 0.6) is 0 Å². The Morgan fingerprint density at radius 1 is 1.29 bits per heavy atom. The van der Waals surface area contributed by atoms with E-state index in [1.165, 1.54) is 16.5 Å². The van der Waals surface area contributed by atoms with E-state index < -0.39 is 0 Å². The lowest BCUT2D eigenvalue weighted by Gasteiger charge is -2.14. The lowest BCUT2D eigenvalue weighted by molar-refractivity contribution is 0.364. The van der Waals surface area contributed by atoms with Crippen LogP contribution in [0.4, 0.5) is 0 Å². The summed E-state index contributed by atoms with van der Waals surface area (Å²) in [6, 6.07) is 8.56. The molecule has 0 bridgehead atoms. The molecule has 0 spiro atoms. The van der Waals surface area contributed by atoms with Crippen molar-refractivity contribution in [2.45, 2.75) is 13.5 Å². The molecule has 0 saturated heterocycles.